The van der Waals surface area contributed by atoms with Gasteiger partial charge in [-0.25, -0.2) is 19.2 Å². The lowest BCUT2D eigenvalue weighted by Gasteiger charge is -2.33. The van der Waals surface area contributed by atoms with Crippen molar-refractivity contribution >= 4 is 18.7 Å². The number of rotatable bonds is 7. The number of ether oxygens (including phenoxy) is 2. The van der Waals surface area contributed by atoms with E-state index in [2.05, 4.69) is 9.97 Å². The molecule has 0 saturated carbocycles. The Morgan fingerprint density at radius 3 is 2.33 bits per heavy atom. The van der Waals surface area contributed by atoms with Gasteiger partial charge >= 0.3 is 13.2 Å². The molecule has 0 N–H and O–H groups in total. The van der Waals surface area contributed by atoms with E-state index in [4.69, 9.17) is 18.8 Å². The second-order valence-corrected chi connectivity index (χ2v) is 14.2. The van der Waals surface area contributed by atoms with Crippen LogP contribution in [0, 0.1) is 11.7 Å². The van der Waals surface area contributed by atoms with Crippen molar-refractivity contribution in [3.05, 3.63) is 70.7 Å². The SMILES string of the molecule is CC(c1cccc(-c2ncc(OCC3CCN(C(=O)OC(C)(C)C)CC3)cn2)c1)n1cc(B2OC(C)(C)C(C)(C)O2)cc(F)c1=O. The minimum Gasteiger partial charge on any atom is -0.490 e. The Kier molecular flexibility index (Phi) is 9.34. The zero-order chi connectivity index (χ0) is 33.4. The number of hydrogen-bond donors (Lipinski definition) is 0. The number of benzene rings is 1. The van der Waals surface area contributed by atoms with Crippen molar-refractivity contribution in [2.24, 2.45) is 5.92 Å². The standard InChI is InChI=1S/C34H44BFN4O6/c1-22(40-20-26(17-28(36)30(40)41)35-45-33(5,6)34(7,8)46-35)24-10-9-11-25(16-24)29-37-18-27(19-38-29)43-21-23-12-14-39(15-13-23)31(42)44-32(2,3)4/h9-11,16-20,22-23H,12-15,21H2,1-8H3. The zero-order valence-electron chi connectivity index (χ0n) is 28.0. The van der Waals surface area contributed by atoms with Crippen LogP contribution >= 0.6 is 0 Å². The van der Waals surface area contributed by atoms with Crippen LogP contribution in [0.15, 0.2) is 53.7 Å². The van der Waals surface area contributed by atoms with Gasteiger partial charge in [0.2, 0.25) is 0 Å². The predicted octanol–water partition coefficient (Wildman–Crippen LogP) is 5.38. The molecule has 2 aromatic heterocycles. The molecular weight excluding hydrogens is 590 g/mol. The van der Waals surface area contributed by atoms with Gasteiger partial charge in [0.25, 0.3) is 5.56 Å². The molecule has 4 heterocycles. The molecule has 2 aliphatic heterocycles. The third kappa shape index (κ3) is 7.44. The second-order valence-electron chi connectivity index (χ2n) is 14.2. The molecule has 1 aromatic carbocycles. The molecule has 46 heavy (non-hydrogen) atoms. The van der Waals surface area contributed by atoms with Crippen LogP contribution in [0.2, 0.25) is 0 Å². The summed E-state index contributed by atoms with van der Waals surface area (Å²) in [5, 5.41) is 0. The first-order chi connectivity index (χ1) is 21.5. The van der Waals surface area contributed by atoms with Crippen molar-refractivity contribution in [3.63, 3.8) is 0 Å². The van der Waals surface area contributed by atoms with Gasteiger partial charge in [-0.2, -0.15) is 0 Å². The van der Waals surface area contributed by atoms with E-state index in [9.17, 15) is 14.0 Å². The van der Waals surface area contributed by atoms with Gasteiger partial charge in [-0.05, 0) is 91.8 Å². The molecule has 5 rings (SSSR count). The first kappa shape index (κ1) is 33.6. The molecule has 0 bridgehead atoms. The van der Waals surface area contributed by atoms with Crippen LogP contribution in [0.3, 0.4) is 0 Å². The Morgan fingerprint density at radius 1 is 1.09 bits per heavy atom. The Hall–Kier alpha value is -3.77. The summed E-state index contributed by atoms with van der Waals surface area (Å²) in [6.07, 6.45) is 6.27. The maximum Gasteiger partial charge on any atom is 0.496 e. The molecule has 3 aromatic rings. The fraction of sp³-hybridized carbons (Fsp3) is 0.529. The molecule has 2 aliphatic rings. The van der Waals surface area contributed by atoms with E-state index in [1.807, 2.05) is 79.7 Å². The molecule has 12 heteroatoms. The third-order valence-corrected chi connectivity index (χ3v) is 8.97. The van der Waals surface area contributed by atoms with Crippen molar-refractivity contribution in [1.29, 1.82) is 0 Å². The summed E-state index contributed by atoms with van der Waals surface area (Å²) in [5.74, 6) is 0.497. The Bertz CT molecular complexity index is 1600. The fourth-order valence-electron chi connectivity index (χ4n) is 5.44. The molecule has 2 saturated heterocycles. The molecule has 0 aliphatic carbocycles. The predicted molar refractivity (Wildman–Crippen MR) is 174 cm³/mol. The first-order valence-electron chi connectivity index (χ1n) is 15.8. The maximum atomic E-state index is 14.9. The first-order valence-corrected chi connectivity index (χ1v) is 15.8. The zero-order valence-corrected chi connectivity index (χ0v) is 28.0. The number of amides is 1. The van der Waals surface area contributed by atoms with Crippen LogP contribution in [0.4, 0.5) is 9.18 Å². The van der Waals surface area contributed by atoms with Crippen molar-refractivity contribution in [3.8, 4) is 17.1 Å². The number of pyridine rings is 1. The number of halogens is 1. The van der Waals surface area contributed by atoms with E-state index in [1.165, 1.54) is 10.6 Å². The van der Waals surface area contributed by atoms with Crippen LogP contribution in [0.5, 0.6) is 5.75 Å². The van der Waals surface area contributed by atoms with Crippen LogP contribution in [0.1, 0.15) is 79.8 Å². The van der Waals surface area contributed by atoms with Gasteiger partial charge in [0.15, 0.2) is 17.4 Å². The van der Waals surface area contributed by atoms with Gasteiger partial charge < -0.3 is 28.2 Å². The van der Waals surface area contributed by atoms with Crippen LogP contribution < -0.4 is 15.8 Å². The molecule has 1 amide bonds. The monoisotopic (exact) mass is 634 g/mol. The van der Waals surface area contributed by atoms with Crippen molar-refractivity contribution in [2.75, 3.05) is 19.7 Å². The summed E-state index contributed by atoms with van der Waals surface area (Å²) < 4.78 is 40.0. The summed E-state index contributed by atoms with van der Waals surface area (Å²) in [7, 11) is -0.802. The number of hydrogen-bond acceptors (Lipinski definition) is 8. The molecule has 2 fully saturated rings. The van der Waals surface area contributed by atoms with Gasteiger partial charge in [0.05, 0.1) is 36.2 Å². The molecule has 10 nitrogen and oxygen atoms in total. The highest BCUT2D eigenvalue weighted by atomic mass is 19.1. The van der Waals surface area contributed by atoms with Gasteiger partial charge in [0, 0.05) is 30.3 Å². The number of aromatic nitrogens is 3. The van der Waals surface area contributed by atoms with Gasteiger partial charge in [-0.15, -0.1) is 0 Å². The van der Waals surface area contributed by atoms with Crippen LogP contribution in [-0.2, 0) is 14.0 Å². The van der Waals surface area contributed by atoms with E-state index in [0.29, 0.717) is 42.7 Å². The van der Waals surface area contributed by atoms with E-state index in [1.54, 1.807) is 23.5 Å². The Balaban J connectivity index is 1.23. The second kappa shape index (κ2) is 12.8. The summed E-state index contributed by atoms with van der Waals surface area (Å²) in [5.41, 5.74) is -0.470. The van der Waals surface area contributed by atoms with E-state index >= 15 is 0 Å². The number of carbonyl (C=O) groups is 1. The fourth-order valence-corrected chi connectivity index (χ4v) is 5.44. The topological polar surface area (TPSA) is 105 Å². The summed E-state index contributed by atoms with van der Waals surface area (Å²) in [6, 6.07) is 8.21. The summed E-state index contributed by atoms with van der Waals surface area (Å²) in [4.78, 5) is 36.0. The smallest absolute Gasteiger partial charge is 0.490 e. The number of nitrogens with zero attached hydrogens (tertiary/aromatic N) is 4. The third-order valence-electron chi connectivity index (χ3n) is 8.97. The minimum atomic E-state index is -0.872. The Labute approximate surface area is 270 Å². The lowest BCUT2D eigenvalue weighted by molar-refractivity contribution is 0.00578. The maximum absolute atomic E-state index is 14.9. The lowest BCUT2D eigenvalue weighted by Crippen LogP contribution is -2.42. The van der Waals surface area contributed by atoms with Crippen LogP contribution in [-0.4, -0.2) is 69.1 Å². The van der Waals surface area contributed by atoms with Crippen molar-refractivity contribution < 1.29 is 28.0 Å². The highest BCUT2D eigenvalue weighted by Crippen LogP contribution is 2.36. The number of likely N-dealkylation sites (tertiary alicyclic amines) is 1. The molecule has 1 unspecified atom stereocenters. The Morgan fingerprint density at radius 2 is 1.72 bits per heavy atom. The minimum absolute atomic E-state index is 0.274. The number of piperidine rings is 1. The quantitative estimate of drug-likeness (QED) is 0.319. The van der Waals surface area contributed by atoms with E-state index in [-0.39, 0.29) is 6.09 Å². The molecule has 0 spiro atoms. The lowest BCUT2D eigenvalue weighted by atomic mass is 9.80. The summed E-state index contributed by atoms with van der Waals surface area (Å²) >= 11 is 0. The van der Waals surface area contributed by atoms with Gasteiger partial charge in [0.1, 0.15) is 5.60 Å². The van der Waals surface area contributed by atoms with Crippen molar-refractivity contribution in [1.82, 2.24) is 19.4 Å². The van der Waals surface area contributed by atoms with Crippen LogP contribution in [0.25, 0.3) is 11.4 Å². The summed E-state index contributed by atoms with van der Waals surface area (Å²) in [6.45, 7) is 16.9. The average molecular weight is 635 g/mol. The van der Waals surface area contributed by atoms with Gasteiger partial charge in [-0.3, -0.25) is 4.79 Å². The molecule has 0 radical (unpaired) electrons. The highest BCUT2D eigenvalue weighted by molar-refractivity contribution is 6.62. The largest absolute Gasteiger partial charge is 0.496 e. The van der Waals surface area contributed by atoms with E-state index < -0.39 is 41.3 Å². The normalized spacial score (nSPS) is 18.8. The molecule has 1 atom stereocenters. The average Bonchev–Trinajstić information content (AvgIpc) is 3.23. The van der Waals surface area contributed by atoms with Crippen molar-refractivity contribution in [2.45, 2.75) is 91.1 Å². The number of carbonyl (C=O) groups excluding carboxylic acids is 1. The van der Waals surface area contributed by atoms with E-state index in [0.717, 1.165) is 24.0 Å². The molecular formula is C34H44BFN4O6. The highest BCUT2D eigenvalue weighted by Gasteiger charge is 2.52. The molecule has 246 valence electrons. The van der Waals surface area contributed by atoms with Gasteiger partial charge in [-0.1, -0.05) is 18.2 Å².